The number of anilines is 1. The van der Waals surface area contributed by atoms with Crippen molar-refractivity contribution in [3.63, 3.8) is 0 Å². The van der Waals surface area contributed by atoms with Crippen LogP contribution in [0.15, 0.2) is 54.1 Å². The van der Waals surface area contributed by atoms with Gasteiger partial charge in [-0.25, -0.2) is 5.01 Å². The number of hydrogen-bond donors (Lipinski definition) is 1. The number of nitrogens with one attached hydrogen (secondary N) is 1. The minimum absolute atomic E-state index is 0.000592. The number of para-hydroxylation sites is 1. The average Bonchev–Trinajstić information content (AvgIpc) is 2.91. The van der Waals surface area contributed by atoms with Crippen molar-refractivity contribution in [2.24, 2.45) is 0 Å². The lowest BCUT2D eigenvalue weighted by Crippen LogP contribution is -2.35. The number of nitro benzene ring substituents is 1. The van der Waals surface area contributed by atoms with Gasteiger partial charge in [0.25, 0.3) is 17.5 Å². The number of hydrazine groups is 1. The summed E-state index contributed by atoms with van der Waals surface area (Å²) in [4.78, 5) is 46.5. The number of rotatable bonds is 4. The van der Waals surface area contributed by atoms with Crippen LogP contribution in [0.25, 0.3) is 6.08 Å². The van der Waals surface area contributed by atoms with Crippen molar-refractivity contribution < 1.29 is 24.0 Å². The number of nitrogens with zero attached hydrogens (tertiary/aromatic N) is 2. The van der Waals surface area contributed by atoms with Gasteiger partial charge in [-0.3, -0.25) is 29.9 Å². The minimum Gasteiger partial charge on any atom is -0.426 e. The van der Waals surface area contributed by atoms with Crippen molar-refractivity contribution >= 4 is 35.2 Å². The predicted octanol–water partition coefficient (Wildman–Crippen LogP) is 1.98. The van der Waals surface area contributed by atoms with Crippen molar-refractivity contribution in [2.45, 2.75) is 6.92 Å². The monoisotopic (exact) mass is 367 g/mol. The summed E-state index contributed by atoms with van der Waals surface area (Å²) in [6, 6.07) is 12.0. The Morgan fingerprint density at radius 2 is 1.89 bits per heavy atom. The van der Waals surface area contributed by atoms with Crippen molar-refractivity contribution in [2.75, 3.05) is 5.01 Å². The van der Waals surface area contributed by atoms with Gasteiger partial charge >= 0.3 is 5.97 Å². The second-order valence-electron chi connectivity index (χ2n) is 5.55. The molecule has 0 spiro atoms. The summed E-state index contributed by atoms with van der Waals surface area (Å²) in [5.74, 6) is -1.95. The summed E-state index contributed by atoms with van der Waals surface area (Å²) < 4.78 is 5.01. The Morgan fingerprint density at radius 3 is 2.52 bits per heavy atom. The molecule has 0 saturated carbocycles. The van der Waals surface area contributed by atoms with Crippen molar-refractivity contribution in [1.82, 2.24) is 5.43 Å². The van der Waals surface area contributed by atoms with E-state index in [1.807, 2.05) is 0 Å². The highest BCUT2D eigenvalue weighted by atomic mass is 16.6. The molecule has 2 aromatic rings. The summed E-state index contributed by atoms with van der Waals surface area (Å²) in [5, 5.41) is 12.1. The number of ether oxygens (including phenoxy) is 1. The number of non-ortho nitro benzene ring substituents is 1. The van der Waals surface area contributed by atoms with Gasteiger partial charge in [0.2, 0.25) is 0 Å². The Morgan fingerprint density at radius 1 is 1.19 bits per heavy atom. The van der Waals surface area contributed by atoms with Crippen LogP contribution in [0, 0.1) is 10.1 Å². The lowest BCUT2D eigenvalue weighted by atomic mass is 10.1. The van der Waals surface area contributed by atoms with E-state index in [1.165, 1.54) is 13.0 Å². The average molecular weight is 367 g/mol. The van der Waals surface area contributed by atoms with Crippen LogP contribution in [0.1, 0.15) is 12.5 Å². The number of amides is 2. The Bertz CT molecular complexity index is 984. The Labute approximate surface area is 153 Å². The first-order valence-electron chi connectivity index (χ1n) is 7.76. The van der Waals surface area contributed by atoms with Crippen molar-refractivity contribution in [3.8, 4) is 5.75 Å². The second kappa shape index (κ2) is 7.08. The zero-order valence-electron chi connectivity index (χ0n) is 14.0. The first-order valence-corrected chi connectivity index (χ1v) is 7.76. The van der Waals surface area contributed by atoms with Gasteiger partial charge in [0.05, 0.1) is 10.6 Å². The van der Waals surface area contributed by atoms with Gasteiger partial charge in [0.15, 0.2) is 0 Å². The molecule has 0 bridgehead atoms. The van der Waals surface area contributed by atoms with Gasteiger partial charge < -0.3 is 4.74 Å². The normalized spacial score (nSPS) is 15.0. The lowest BCUT2D eigenvalue weighted by molar-refractivity contribution is -0.384. The van der Waals surface area contributed by atoms with Crippen molar-refractivity contribution in [3.05, 3.63) is 69.8 Å². The van der Waals surface area contributed by atoms with Crippen LogP contribution in [-0.4, -0.2) is 22.7 Å². The number of hydrogen-bond acceptors (Lipinski definition) is 6. The smallest absolute Gasteiger partial charge is 0.308 e. The van der Waals surface area contributed by atoms with Crippen LogP contribution in [0.5, 0.6) is 5.75 Å². The molecule has 0 unspecified atom stereocenters. The molecule has 9 nitrogen and oxygen atoms in total. The molecular weight excluding hydrogens is 354 g/mol. The SMILES string of the molecule is CC(=O)Oc1ccc([N+](=O)[O-])cc1/C=C1/C(=O)NN(c2ccccc2)C1=O. The fraction of sp³-hybridized carbons (Fsp3) is 0.0556. The number of nitro groups is 1. The van der Waals surface area contributed by atoms with E-state index in [0.29, 0.717) is 5.69 Å². The van der Waals surface area contributed by atoms with Gasteiger partial charge in [0.1, 0.15) is 11.3 Å². The molecule has 1 aliphatic rings. The van der Waals surface area contributed by atoms with E-state index in [-0.39, 0.29) is 22.6 Å². The fourth-order valence-electron chi connectivity index (χ4n) is 2.48. The molecular formula is C18H13N3O6. The van der Waals surface area contributed by atoms with Crippen LogP contribution in [0.2, 0.25) is 0 Å². The summed E-state index contributed by atoms with van der Waals surface area (Å²) in [5.41, 5.74) is 2.43. The molecule has 0 aliphatic carbocycles. The highest BCUT2D eigenvalue weighted by molar-refractivity contribution is 6.31. The third-order valence-corrected chi connectivity index (χ3v) is 3.66. The molecule has 0 atom stereocenters. The van der Waals surface area contributed by atoms with E-state index in [4.69, 9.17) is 4.74 Å². The molecule has 0 aromatic heterocycles. The quantitative estimate of drug-likeness (QED) is 0.220. The van der Waals surface area contributed by atoms with E-state index in [9.17, 15) is 24.5 Å². The lowest BCUT2D eigenvalue weighted by Gasteiger charge is -2.13. The highest BCUT2D eigenvalue weighted by Crippen LogP contribution is 2.28. The first-order chi connectivity index (χ1) is 12.9. The standard InChI is InChI=1S/C18H13N3O6/c1-11(22)27-16-8-7-14(21(25)26)9-12(16)10-15-17(23)19-20(18(15)24)13-5-3-2-4-6-13/h2-10H,1H3,(H,19,23)/b15-10-. The van der Waals surface area contributed by atoms with E-state index in [0.717, 1.165) is 23.2 Å². The molecule has 136 valence electrons. The van der Waals surface area contributed by atoms with E-state index in [1.54, 1.807) is 30.3 Å². The molecule has 1 aliphatic heterocycles. The zero-order valence-corrected chi connectivity index (χ0v) is 14.0. The molecule has 0 radical (unpaired) electrons. The molecule has 2 aromatic carbocycles. The maximum absolute atomic E-state index is 12.6. The third-order valence-electron chi connectivity index (χ3n) is 3.66. The molecule has 1 fully saturated rings. The maximum Gasteiger partial charge on any atom is 0.308 e. The highest BCUT2D eigenvalue weighted by Gasteiger charge is 2.34. The minimum atomic E-state index is -0.677. The second-order valence-corrected chi connectivity index (χ2v) is 5.55. The van der Waals surface area contributed by atoms with Gasteiger partial charge in [-0.05, 0) is 24.3 Å². The molecule has 9 heteroatoms. The predicted molar refractivity (Wildman–Crippen MR) is 94.5 cm³/mol. The van der Waals surface area contributed by atoms with Crippen molar-refractivity contribution in [1.29, 1.82) is 0 Å². The van der Waals surface area contributed by atoms with Gasteiger partial charge in [-0.15, -0.1) is 0 Å². The Kier molecular flexibility index (Phi) is 4.67. The van der Waals surface area contributed by atoms with Crippen LogP contribution in [0.3, 0.4) is 0 Å². The largest absolute Gasteiger partial charge is 0.426 e. The topological polar surface area (TPSA) is 119 Å². The maximum atomic E-state index is 12.6. The Balaban J connectivity index is 2.03. The third kappa shape index (κ3) is 3.66. The first kappa shape index (κ1) is 17.8. The number of benzene rings is 2. The number of carbonyl (C=O) groups is 3. The molecule has 27 heavy (non-hydrogen) atoms. The Hall–Kier alpha value is -4.01. The fourth-order valence-corrected chi connectivity index (χ4v) is 2.48. The molecule has 1 N–H and O–H groups in total. The van der Waals surface area contributed by atoms with Crippen LogP contribution >= 0.6 is 0 Å². The molecule has 3 rings (SSSR count). The van der Waals surface area contributed by atoms with Crippen LogP contribution in [-0.2, 0) is 14.4 Å². The summed E-state index contributed by atoms with van der Waals surface area (Å²) in [6.45, 7) is 1.17. The summed E-state index contributed by atoms with van der Waals surface area (Å²) in [6.07, 6.45) is 1.16. The van der Waals surface area contributed by atoms with Gasteiger partial charge in [0, 0.05) is 24.6 Å². The van der Waals surface area contributed by atoms with Gasteiger partial charge in [-0.2, -0.15) is 0 Å². The number of esters is 1. The van der Waals surface area contributed by atoms with E-state index < -0.39 is 22.7 Å². The molecule has 2 amide bonds. The summed E-state index contributed by atoms with van der Waals surface area (Å²) in [7, 11) is 0. The van der Waals surface area contributed by atoms with Crippen LogP contribution < -0.4 is 15.2 Å². The zero-order chi connectivity index (χ0) is 19.6. The molecule has 1 heterocycles. The van der Waals surface area contributed by atoms with Crippen LogP contribution in [0.4, 0.5) is 11.4 Å². The van der Waals surface area contributed by atoms with E-state index >= 15 is 0 Å². The van der Waals surface area contributed by atoms with Gasteiger partial charge in [-0.1, -0.05) is 18.2 Å². The van der Waals surface area contributed by atoms with E-state index in [2.05, 4.69) is 5.43 Å². The number of carbonyl (C=O) groups excluding carboxylic acids is 3. The molecule has 1 saturated heterocycles. The summed E-state index contributed by atoms with van der Waals surface area (Å²) >= 11 is 0.